The van der Waals surface area contributed by atoms with Crippen LogP contribution in [-0.4, -0.2) is 12.6 Å². The summed E-state index contributed by atoms with van der Waals surface area (Å²) in [6, 6.07) is 5.24. The van der Waals surface area contributed by atoms with Crippen molar-refractivity contribution in [2.45, 2.75) is 38.6 Å². The number of hydrogen-bond donors (Lipinski definition) is 1. The Kier molecular flexibility index (Phi) is 4.23. The van der Waals surface area contributed by atoms with E-state index < -0.39 is 0 Å². The molecule has 0 bridgehead atoms. The molecule has 1 fully saturated rings. The minimum Gasteiger partial charge on any atom is -0.314 e. The maximum absolute atomic E-state index is 3.63. The first-order valence-electron chi connectivity index (χ1n) is 5.75. The molecule has 0 radical (unpaired) electrons. The fraction of sp³-hybridized carbons (Fsp3) is 0.667. The summed E-state index contributed by atoms with van der Waals surface area (Å²) >= 11 is 5.39. The van der Waals surface area contributed by atoms with Crippen molar-refractivity contribution in [2.24, 2.45) is 5.92 Å². The number of nitrogens with one attached hydrogen (secondary N) is 1. The molecule has 1 nitrogen and oxygen atoms in total. The van der Waals surface area contributed by atoms with E-state index >= 15 is 0 Å². The van der Waals surface area contributed by atoms with Crippen LogP contribution in [0.1, 0.15) is 31.1 Å². The molecule has 1 aromatic heterocycles. The largest absolute Gasteiger partial charge is 0.314 e. The fourth-order valence-corrected chi connectivity index (χ4v) is 3.33. The van der Waals surface area contributed by atoms with Gasteiger partial charge < -0.3 is 5.32 Å². The molecule has 1 atom stereocenters. The van der Waals surface area contributed by atoms with Gasteiger partial charge in [-0.25, -0.2) is 0 Å². The van der Waals surface area contributed by atoms with Gasteiger partial charge >= 0.3 is 0 Å². The van der Waals surface area contributed by atoms with Crippen molar-refractivity contribution >= 4 is 27.3 Å². The molecule has 0 saturated heterocycles. The first kappa shape index (κ1) is 11.6. The molecule has 1 aromatic rings. The van der Waals surface area contributed by atoms with Gasteiger partial charge in [0, 0.05) is 10.9 Å². The van der Waals surface area contributed by atoms with Crippen molar-refractivity contribution < 1.29 is 0 Å². The standard InChI is InChI=1S/C12H18BrNS/c1-2-9(8-14-10-3-4-10)7-11-5-6-12(13)15-11/h5-6,9-10,14H,2-4,7-8H2,1H3. The second kappa shape index (κ2) is 5.46. The minimum atomic E-state index is 0.802. The topological polar surface area (TPSA) is 12.0 Å². The van der Waals surface area contributed by atoms with E-state index in [9.17, 15) is 0 Å². The van der Waals surface area contributed by atoms with E-state index in [0.29, 0.717) is 0 Å². The molecular weight excluding hydrogens is 270 g/mol. The van der Waals surface area contributed by atoms with Crippen molar-refractivity contribution in [1.82, 2.24) is 5.32 Å². The van der Waals surface area contributed by atoms with E-state index in [4.69, 9.17) is 0 Å². The van der Waals surface area contributed by atoms with Gasteiger partial charge in [0.25, 0.3) is 0 Å². The Labute approximate surface area is 104 Å². The minimum absolute atomic E-state index is 0.802. The maximum atomic E-state index is 3.63. The summed E-state index contributed by atoms with van der Waals surface area (Å²) in [6.45, 7) is 3.48. The van der Waals surface area contributed by atoms with Crippen molar-refractivity contribution in [3.63, 3.8) is 0 Å². The quantitative estimate of drug-likeness (QED) is 0.839. The van der Waals surface area contributed by atoms with Crippen LogP contribution in [-0.2, 0) is 6.42 Å². The third-order valence-electron chi connectivity index (χ3n) is 2.97. The van der Waals surface area contributed by atoms with Crippen LogP contribution < -0.4 is 5.32 Å². The number of halogens is 1. The summed E-state index contributed by atoms with van der Waals surface area (Å²) in [6.07, 6.45) is 5.28. The summed E-state index contributed by atoms with van der Waals surface area (Å²) < 4.78 is 1.25. The van der Waals surface area contributed by atoms with Gasteiger partial charge in [0.1, 0.15) is 0 Å². The summed E-state index contributed by atoms with van der Waals surface area (Å²) in [7, 11) is 0. The van der Waals surface area contributed by atoms with E-state index in [1.807, 2.05) is 11.3 Å². The highest BCUT2D eigenvalue weighted by Crippen LogP contribution is 2.25. The van der Waals surface area contributed by atoms with Gasteiger partial charge in [0.2, 0.25) is 0 Å². The molecule has 1 heterocycles. The molecular formula is C12H18BrNS. The lowest BCUT2D eigenvalue weighted by atomic mass is 10.0. The van der Waals surface area contributed by atoms with Crippen LogP contribution in [0.4, 0.5) is 0 Å². The van der Waals surface area contributed by atoms with Gasteiger partial charge in [-0.2, -0.15) is 0 Å². The average molecular weight is 288 g/mol. The van der Waals surface area contributed by atoms with E-state index in [1.165, 1.54) is 40.9 Å². The fourth-order valence-electron chi connectivity index (χ4n) is 1.73. The van der Waals surface area contributed by atoms with E-state index in [0.717, 1.165) is 12.0 Å². The van der Waals surface area contributed by atoms with Crippen LogP contribution in [0.2, 0.25) is 0 Å². The zero-order chi connectivity index (χ0) is 10.7. The Morgan fingerprint density at radius 3 is 2.87 bits per heavy atom. The van der Waals surface area contributed by atoms with E-state index in [1.54, 1.807) is 0 Å². The molecule has 3 heteroatoms. The van der Waals surface area contributed by atoms with Crippen LogP contribution >= 0.6 is 27.3 Å². The van der Waals surface area contributed by atoms with Gasteiger partial charge in [-0.15, -0.1) is 11.3 Å². The molecule has 84 valence electrons. The van der Waals surface area contributed by atoms with E-state index in [-0.39, 0.29) is 0 Å². The number of thiophene rings is 1. The van der Waals surface area contributed by atoms with Crippen LogP contribution in [0.3, 0.4) is 0 Å². The molecule has 0 aliphatic heterocycles. The van der Waals surface area contributed by atoms with Crippen molar-refractivity contribution in [1.29, 1.82) is 0 Å². The normalized spacial score (nSPS) is 18.0. The first-order valence-corrected chi connectivity index (χ1v) is 7.36. The molecule has 0 aromatic carbocycles. The summed E-state index contributed by atoms with van der Waals surface area (Å²) in [5.74, 6) is 0.802. The molecule has 1 N–H and O–H groups in total. The lowest BCUT2D eigenvalue weighted by molar-refractivity contribution is 0.461. The van der Waals surface area contributed by atoms with Gasteiger partial charge in [-0.1, -0.05) is 13.3 Å². The molecule has 1 aliphatic rings. The van der Waals surface area contributed by atoms with Gasteiger partial charge in [-0.05, 0) is 59.8 Å². The number of rotatable bonds is 6. The summed E-state index contributed by atoms with van der Waals surface area (Å²) in [5, 5.41) is 3.63. The van der Waals surface area contributed by atoms with Gasteiger partial charge in [0.15, 0.2) is 0 Å². The molecule has 0 spiro atoms. The van der Waals surface area contributed by atoms with Gasteiger partial charge in [-0.3, -0.25) is 0 Å². The Morgan fingerprint density at radius 1 is 1.53 bits per heavy atom. The molecule has 1 unspecified atom stereocenters. The molecule has 1 saturated carbocycles. The number of hydrogen-bond acceptors (Lipinski definition) is 2. The zero-order valence-electron chi connectivity index (χ0n) is 9.13. The molecule has 15 heavy (non-hydrogen) atoms. The van der Waals surface area contributed by atoms with Crippen LogP contribution in [0.5, 0.6) is 0 Å². The SMILES string of the molecule is CCC(CNC1CC1)Cc1ccc(Br)s1. The summed E-state index contributed by atoms with van der Waals surface area (Å²) in [5.41, 5.74) is 0. The lowest BCUT2D eigenvalue weighted by Crippen LogP contribution is -2.25. The predicted octanol–water partition coefficient (Wildman–Crippen LogP) is 3.83. The lowest BCUT2D eigenvalue weighted by Gasteiger charge is -2.14. The third kappa shape index (κ3) is 3.89. The smallest absolute Gasteiger partial charge is 0.0701 e. The highest BCUT2D eigenvalue weighted by molar-refractivity contribution is 9.11. The first-order chi connectivity index (χ1) is 7.28. The van der Waals surface area contributed by atoms with Crippen molar-refractivity contribution in [3.05, 3.63) is 20.8 Å². The Morgan fingerprint density at radius 2 is 2.33 bits per heavy atom. The molecule has 2 rings (SSSR count). The van der Waals surface area contributed by atoms with Crippen LogP contribution in [0.15, 0.2) is 15.9 Å². The van der Waals surface area contributed by atoms with Crippen LogP contribution in [0.25, 0.3) is 0 Å². The maximum Gasteiger partial charge on any atom is 0.0701 e. The molecule has 0 amide bonds. The Hall–Kier alpha value is 0.140. The second-order valence-electron chi connectivity index (χ2n) is 4.37. The Balaban J connectivity index is 1.78. The second-order valence-corrected chi connectivity index (χ2v) is 6.91. The highest BCUT2D eigenvalue weighted by Gasteiger charge is 2.21. The predicted molar refractivity (Wildman–Crippen MR) is 70.5 cm³/mol. The summed E-state index contributed by atoms with van der Waals surface area (Å²) in [4.78, 5) is 1.51. The van der Waals surface area contributed by atoms with Crippen molar-refractivity contribution in [2.75, 3.05) is 6.54 Å². The van der Waals surface area contributed by atoms with E-state index in [2.05, 4.69) is 40.3 Å². The highest BCUT2D eigenvalue weighted by atomic mass is 79.9. The average Bonchev–Trinajstić information content (AvgIpc) is 2.97. The molecule has 1 aliphatic carbocycles. The van der Waals surface area contributed by atoms with Crippen LogP contribution in [0, 0.1) is 5.92 Å². The Bertz CT molecular complexity index is 306. The van der Waals surface area contributed by atoms with Crippen molar-refractivity contribution in [3.8, 4) is 0 Å². The monoisotopic (exact) mass is 287 g/mol. The van der Waals surface area contributed by atoms with Gasteiger partial charge in [0.05, 0.1) is 3.79 Å². The third-order valence-corrected chi connectivity index (χ3v) is 4.61. The zero-order valence-corrected chi connectivity index (χ0v) is 11.5.